The van der Waals surface area contributed by atoms with Crippen LogP contribution in [0.2, 0.25) is 0 Å². The van der Waals surface area contributed by atoms with Crippen molar-refractivity contribution in [3.8, 4) is 0 Å². The minimum absolute atomic E-state index is 0.0551. The average Bonchev–Trinajstić information content (AvgIpc) is 3.08. The summed E-state index contributed by atoms with van der Waals surface area (Å²) < 4.78 is 37.5. The van der Waals surface area contributed by atoms with Gasteiger partial charge in [0.15, 0.2) is 0 Å². The van der Waals surface area contributed by atoms with E-state index < -0.39 is 24.2 Å². The van der Waals surface area contributed by atoms with E-state index in [0.29, 0.717) is 12.8 Å². The maximum atomic E-state index is 12.5. The van der Waals surface area contributed by atoms with Crippen LogP contribution in [0, 0.1) is 0 Å². The second kappa shape index (κ2) is 5.31. The number of carbonyl (C=O) groups is 1. The van der Waals surface area contributed by atoms with E-state index in [1.807, 2.05) is 0 Å². The van der Waals surface area contributed by atoms with Crippen LogP contribution in [0.3, 0.4) is 0 Å². The normalized spacial score (nSPS) is 23.2. The number of alkyl halides is 3. The molecule has 0 aromatic heterocycles. The number of halogens is 3. The van der Waals surface area contributed by atoms with E-state index >= 15 is 0 Å². The third-order valence-corrected chi connectivity index (χ3v) is 4.01. The molecule has 0 atom stereocenters. The molecule has 0 spiro atoms. The molecule has 2 aliphatic carbocycles. The highest BCUT2D eigenvalue weighted by atomic mass is 19.4. The number of amides is 1. The fourth-order valence-corrected chi connectivity index (χ4v) is 2.84. The lowest BCUT2D eigenvalue weighted by Crippen LogP contribution is -2.49. The maximum absolute atomic E-state index is 12.5. The van der Waals surface area contributed by atoms with Crippen molar-refractivity contribution in [1.82, 2.24) is 4.90 Å². The number of nitrogens with zero attached hydrogens (tertiary/aromatic N) is 1. The van der Waals surface area contributed by atoms with Gasteiger partial charge in [0.05, 0.1) is 0 Å². The first kappa shape index (κ1) is 14.6. The molecule has 0 unspecified atom stereocenters. The van der Waals surface area contributed by atoms with Gasteiger partial charge >= 0.3 is 6.18 Å². The molecule has 0 aromatic carbocycles. The lowest BCUT2D eigenvalue weighted by Gasteiger charge is -2.35. The zero-order valence-corrected chi connectivity index (χ0v) is 11.0. The molecule has 110 valence electrons. The van der Waals surface area contributed by atoms with Gasteiger partial charge in [-0.3, -0.25) is 4.79 Å². The second-order valence-corrected chi connectivity index (χ2v) is 5.97. The van der Waals surface area contributed by atoms with Crippen LogP contribution < -0.4 is 5.73 Å². The molecular weight excluding hydrogens is 257 g/mol. The smallest absolute Gasteiger partial charge is 0.331 e. The predicted octanol–water partition coefficient (Wildman–Crippen LogP) is 2.59. The van der Waals surface area contributed by atoms with Crippen molar-refractivity contribution in [2.45, 2.75) is 69.1 Å². The number of hydrogen-bond donors (Lipinski definition) is 1. The van der Waals surface area contributed by atoms with Crippen LogP contribution in [0.4, 0.5) is 13.2 Å². The number of hydrogen-bond acceptors (Lipinski definition) is 2. The molecule has 0 aliphatic heterocycles. The highest BCUT2D eigenvalue weighted by Gasteiger charge is 2.42. The fourth-order valence-electron chi connectivity index (χ4n) is 2.84. The molecule has 2 saturated carbocycles. The van der Waals surface area contributed by atoms with Crippen LogP contribution in [-0.2, 0) is 4.79 Å². The Morgan fingerprint density at radius 3 is 2.26 bits per heavy atom. The number of carbonyl (C=O) groups excluding carboxylic acids is 1. The number of rotatable bonds is 4. The maximum Gasteiger partial charge on any atom is 0.406 e. The van der Waals surface area contributed by atoms with Gasteiger partial charge < -0.3 is 10.6 Å². The minimum atomic E-state index is -4.33. The average molecular weight is 278 g/mol. The van der Waals surface area contributed by atoms with Crippen molar-refractivity contribution < 1.29 is 18.0 Å². The van der Waals surface area contributed by atoms with E-state index in [4.69, 9.17) is 5.73 Å². The summed E-state index contributed by atoms with van der Waals surface area (Å²) in [4.78, 5) is 13.1. The Balaban J connectivity index is 1.95. The van der Waals surface area contributed by atoms with Gasteiger partial charge in [-0.25, -0.2) is 0 Å². The molecule has 19 heavy (non-hydrogen) atoms. The molecule has 3 nitrogen and oxygen atoms in total. The Kier molecular flexibility index (Phi) is 4.08. The van der Waals surface area contributed by atoms with Gasteiger partial charge in [0.1, 0.15) is 6.54 Å². The van der Waals surface area contributed by atoms with Crippen LogP contribution in [0.5, 0.6) is 0 Å². The molecule has 0 bridgehead atoms. The van der Waals surface area contributed by atoms with Crippen molar-refractivity contribution >= 4 is 5.91 Å². The molecule has 0 aromatic rings. The summed E-state index contributed by atoms with van der Waals surface area (Å²) in [5, 5.41) is 0. The van der Waals surface area contributed by atoms with Crippen LogP contribution in [0.1, 0.15) is 51.4 Å². The van der Waals surface area contributed by atoms with Gasteiger partial charge in [-0.15, -0.1) is 0 Å². The summed E-state index contributed by atoms with van der Waals surface area (Å²) in [6.07, 6.45) is 1.60. The third-order valence-electron chi connectivity index (χ3n) is 4.01. The first-order valence-electron chi connectivity index (χ1n) is 6.94. The molecule has 1 amide bonds. The number of nitrogens with two attached hydrogens (primary N) is 1. The summed E-state index contributed by atoms with van der Waals surface area (Å²) in [5.41, 5.74) is 5.56. The predicted molar refractivity (Wildman–Crippen MR) is 65.4 cm³/mol. The van der Waals surface area contributed by atoms with Crippen LogP contribution >= 0.6 is 0 Å². The topological polar surface area (TPSA) is 46.3 Å². The highest BCUT2D eigenvalue weighted by molar-refractivity contribution is 5.78. The van der Waals surface area contributed by atoms with Crippen molar-refractivity contribution in [2.24, 2.45) is 5.73 Å². The van der Waals surface area contributed by atoms with Gasteiger partial charge in [0, 0.05) is 18.0 Å². The van der Waals surface area contributed by atoms with E-state index in [1.54, 1.807) is 0 Å². The molecule has 2 rings (SSSR count). The van der Waals surface area contributed by atoms with Gasteiger partial charge in [-0.2, -0.15) is 13.2 Å². The summed E-state index contributed by atoms with van der Waals surface area (Å²) >= 11 is 0. The van der Waals surface area contributed by atoms with Gasteiger partial charge in [-0.1, -0.05) is 19.3 Å². The third kappa shape index (κ3) is 4.37. The van der Waals surface area contributed by atoms with E-state index in [1.165, 1.54) is 0 Å². The zero-order chi connectivity index (χ0) is 14.1. The molecule has 2 N–H and O–H groups in total. The largest absolute Gasteiger partial charge is 0.406 e. The van der Waals surface area contributed by atoms with Crippen molar-refractivity contribution in [2.75, 3.05) is 6.54 Å². The monoisotopic (exact) mass is 278 g/mol. The summed E-state index contributed by atoms with van der Waals surface area (Å²) in [6.45, 7) is -1.13. The highest BCUT2D eigenvalue weighted by Crippen LogP contribution is 2.34. The lowest BCUT2D eigenvalue weighted by atomic mass is 9.80. The molecular formula is C13H21F3N2O. The molecule has 0 heterocycles. The molecule has 0 radical (unpaired) electrons. The van der Waals surface area contributed by atoms with E-state index in [0.717, 1.165) is 37.0 Å². The standard InChI is InChI=1S/C13H21F3N2O/c14-13(15,16)9-18(10-4-5-10)11(19)8-12(17)6-2-1-3-7-12/h10H,1-9,17H2. The Morgan fingerprint density at radius 2 is 1.79 bits per heavy atom. The molecule has 0 saturated heterocycles. The van der Waals surface area contributed by atoms with Crippen molar-refractivity contribution in [3.05, 3.63) is 0 Å². The Morgan fingerprint density at radius 1 is 1.21 bits per heavy atom. The molecule has 6 heteroatoms. The first-order valence-corrected chi connectivity index (χ1v) is 6.94. The second-order valence-electron chi connectivity index (χ2n) is 5.97. The summed E-state index contributed by atoms with van der Waals surface area (Å²) in [6, 6.07) is -0.221. The van der Waals surface area contributed by atoms with Crippen LogP contribution in [0.15, 0.2) is 0 Å². The first-order chi connectivity index (χ1) is 8.79. The van der Waals surface area contributed by atoms with Crippen molar-refractivity contribution in [3.63, 3.8) is 0 Å². The Labute approximate surface area is 111 Å². The van der Waals surface area contributed by atoms with Gasteiger partial charge in [0.25, 0.3) is 0 Å². The molecule has 2 aliphatic rings. The van der Waals surface area contributed by atoms with E-state index in [-0.39, 0.29) is 12.5 Å². The van der Waals surface area contributed by atoms with Crippen LogP contribution in [-0.4, -0.2) is 35.1 Å². The fraction of sp³-hybridized carbons (Fsp3) is 0.923. The Bertz CT molecular complexity index is 333. The summed E-state index contributed by atoms with van der Waals surface area (Å²) in [7, 11) is 0. The Hall–Kier alpha value is -0.780. The lowest BCUT2D eigenvalue weighted by molar-refractivity contribution is -0.163. The SMILES string of the molecule is NC1(CC(=O)N(CC(F)(F)F)C2CC2)CCCCC1. The van der Waals surface area contributed by atoms with Crippen molar-refractivity contribution in [1.29, 1.82) is 0 Å². The quantitative estimate of drug-likeness (QED) is 0.859. The van der Waals surface area contributed by atoms with E-state index in [2.05, 4.69) is 0 Å². The van der Waals surface area contributed by atoms with Crippen LogP contribution in [0.25, 0.3) is 0 Å². The van der Waals surface area contributed by atoms with E-state index in [9.17, 15) is 18.0 Å². The summed E-state index contributed by atoms with van der Waals surface area (Å²) in [5.74, 6) is -0.427. The van der Waals surface area contributed by atoms with Gasteiger partial charge in [-0.05, 0) is 25.7 Å². The molecule has 2 fully saturated rings. The van der Waals surface area contributed by atoms with Gasteiger partial charge in [0.2, 0.25) is 5.91 Å². The zero-order valence-electron chi connectivity index (χ0n) is 11.0. The minimum Gasteiger partial charge on any atom is -0.331 e.